The summed E-state index contributed by atoms with van der Waals surface area (Å²) in [6.07, 6.45) is 6.41. The Bertz CT molecular complexity index is 382. The Morgan fingerprint density at radius 3 is 2.94 bits per heavy atom. The number of hydrogen-bond acceptors (Lipinski definition) is 2. The molecule has 1 aromatic rings. The normalized spacial score (nSPS) is 24.1. The Morgan fingerprint density at radius 1 is 1.25 bits per heavy atom. The zero-order valence-electron chi connectivity index (χ0n) is 9.71. The van der Waals surface area contributed by atoms with Crippen molar-refractivity contribution < 1.29 is 0 Å². The third-order valence-corrected chi connectivity index (χ3v) is 3.91. The Labute approximate surface area is 97.2 Å². The Kier molecular flexibility index (Phi) is 2.60. The van der Waals surface area contributed by atoms with Crippen LogP contribution in [0, 0.1) is 5.92 Å². The zero-order chi connectivity index (χ0) is 11.0. The predicted molar refractivity (Wildman–Crippen MR) is 67.4 cm³/mol. The summed E-state index contributed by atoms with van der Waals surface area (Å²) >= 11 is 0. The Balaban J connectivity index is 1.65. The summed E-state index contributed by atoms with van der Waals surface area (Å²) in [4.78, 5) is 0. The molecule has 0 spiro atoms. The first-order chi connectivity index (χ1) is 7.83. The lowest BCUT2D eigenvalue weighted by Gasteiger charge is -2.26. The molecule has 0 radical (unpaired) electrons. The van der Waals surface area contributed by atoms with Gasteiger partial charge in [0.25, 0.3) is 0 Å². The molecule has 1 atom stereocenters. The number of fused-ring (bicyclic) bond motifs is 1. The molecule has 3 rings (SSSR count). The number of nitrogens with two attached hydrogens (primary N) is 1. The summed E-state index contributed by atoms with van der Waals surface area (Å²) < 4.78 is 0. The van der Waals surface area contributed by atoms with Gasteiger partial charge in [0.1, 0.15) is 0 Å². The maximum absolute atomic E-state index is 6.00. The molecule has 1 aromatic carbocycles. The molecule has 2 aliphatic rings. The van der Waals surface area contributed by atoms with Crippen LogP contribution in [0.2, 0.25) is 0 Å². The quantitative estimate of drug-likeness (QED) is 0.760. The molecule has 2 aliphatic carbocycles. The van der Waals surface area contributed by atoms with Gasteiger partial charge in [-0.1, -0.05) is 12.1 Å². The highest BCUT2D eigenvalue weighted by Crippen LogP contribution is 2.29. The third-order valence-electron chi connectivity index (χ3n) is 3.91. The van der Waals surface area contributed by atoms with E-state index in [1.807, 2.05) is 6.07 Å². The summed E-state index contributed by atoms with van der Waals surface area (Å²) in [5.41, 5.74) is 9.84. The van der Waals surface area contributed by atoms with E-state index in [0.29, 0.717) is 6.04 Å². The standard InChI is InChI=1S/C14H20N2/c15-14-3-1-2-11-8-12(6-7-13(11)14)16-9-10-4-5-10/h1-3,10,12,16H,4-9,15H2. The van der Waals surface area contributed by atoms with Crippen LogP contribution in [-0.2, 0) is 12.8 Å². The number of rotatable bonds is 3. The van der Waals surface area contributed by atoms with Crippen LogP contribution in [0.3, 0.4) is 0 Å². The lowest BCUT2D eigenvalue weighted by atomic mass is 9.87. The molecule has 3 N–H and O–H groups in total. The first-order valence-electron chi connectivity index (χ1n) is 6.42. The Hall–Kier alpha value is -1.02. The van der Waals surface area contributed by atoms with E-state index in [0.717, 1.165) is 24.4 Å². The highest BCUT2D eigenvalue weighted by molar-refractivity contribution is 5.52. The molecule has 2 nitrogen and oxygen atoms in total. The minimum Gasteiger partial charge on any atom is -0.398 e. The van der Waals surface area contributed by atoms with Gasteiger partial charge in [-0.3, -0.25) is 0 Å². The number of nitrogen functional groups attached to an aromatic ring is 1. The van der Waals surface area contributed by atoms with Crippen LogP contribution in [0.25, 0.3) is 0 Å². The fourth-order valence-corrected chi connectivity index (χ4v) is 2.67. The van der Waals surface area contributed by atoms with Crippen LogP contribution in [0.1, 0.15) is 30.4 Å². The highest BCUT2D eigenvalue weighted by atomic mass is 14.9. The molecule has 2 heteroatoms. The van der Waals surface area contributed by atoms with Crippen molar-refractivity contribution in [2.75, 3.05) is 12.3 Å². The molecule has 0 saturated heterocycles. The number of hydrogen-bond donors (Lipinski definition) is 2. The molecule has 16 heavy (non-hydrogen) atoms. The van der Waals surface area contributed by atoms with Gasteiger partial charge in [0.05, 0.1) is 0 Å². The zero-order valence-corrected chi connectivity index (χ0v) is 9.71. The van der Waals surface area contributed by atoms with Crippen molar-refractivity contribution in [3.63, 3.8) is 0 Å². The average Bonchev–Trinajstić information content (AvgIpc) is 3.10. The molecule has 86 valence electrons. The van der Waals surface area contributed by atoms with Crippen molar-refractivity contribution in [3.05, 3.63) is 29.3 Å². The maximum Gasteiger partial charge on any atom is 0.0349 e. The van der Waals surface area contributed by atoms with E-state index in [1.165, 1.54) is 36.9 Å². The van der Waals surface area contributed by atoms with Crippen molar-refractivity contribution in [2.45, 2.75) is 38.1 Å². The summed E-state index contributed by atoms with van der Waals surface area (Å²) in [5, 5.41) is 3.70. The van der Waals surface area contributed by atoms with Crippen LogP contribution >= 0.6 is 0 Å². The maximum atomic E-state index is 6.00. The molecule has 0 heterocycles. The lowest BCUT2D eigenvalue weighted by molar-refractivity contribution is 0.449. The molecule has 0 amide bonds. The van der Waals surface area contributed by atoms with Crippen molar-refractivity contribution in [2.24, 2.45) is 5.92 Å². The van der Waals surface area contributed by atoms with Gasteiger partial charge < -0.3 is 11.1 Å². The van der Waals surface area contributed by atoms with Gasteiger partial charge in [0, 0.05) is 11.7 Å². The van der Waals surface area contributed by atoms with Crippen LogP contribution in [0.15, 0.2) is 18.2 Å². The minimum atomic E-state index is 0.676. The van der Waals surface area contributed by atoms with Crippen molar-refractivity contribution in [1.82, 2.24) is 5.32 Å². The molecule has 0 bridgehead atoms. The summed E-state index contributed by atoms with van der Waals surface area (Å²) in [5.74, 6) is 0.974. The van der Waals surface area contributed by atoms with E-state index in [9.17, 15) is 0 Å². The molecule has 0 aromatic heterocycles. The van der Waals surface area contributed by atoms with E-state index in [2.05, 4.69) is 17.4 Å². The third kappa shape index (κ3) is 2.07. The van der Waals surface area contributed by atoms with Gasteiger partial charge in [-0.25, -0.2) is 0 Å². The van der Waals surface area contributed by atoms with Gasteiger partial charge in [-0.15, -0.1) is 0 Å². The van der Waals surface area contributed by atoms with E-state index < -0.39 is 0 Å². The lowest BCUT2D eigenvalue weighted by Crippen LogP contribution is -2.36. The molecule has 1 unspecified atom stereocenters. The van der Waals surface area contributed by atoms with Crippen molar-refractivity contribution >= 4 is 5.69 Å². The summed E-state index contributed by atoms with van der Waals surface area (Å²) in [6.45, 7) is 1.22. The summed E-state index contributed by atoms with van der Waals surface area (Å²) in [6, 6.07) is 7.01. The van der Waals surface area contributed by atoms with E-state index in [1.54, 1.807) is 0 Å². The minimum absolute atomic E-state index is 0.676. The molecule has 0 aliphatic heterocycles. The smallest absolute Gasteiger partial charge is 0.0349 e. The second-order valence-electron chi connectivity index (χ2n) is 5.28. The van der Waals surface area contributed by atoms with Crippen LogP contribution in [0.5, 0.6) is 0 Å². The molecule has 1 fully saturated rings. The fourth-order valence-electron chi connectivity index (χ4n) is 2.67. The van der Waals surface area contributed by atoms with Gasteiger partial charge >= 0.3 is 0 Å². The fraction of sp³-hybridized carbons (Fsp3) is 0.571. The van der Waals surface area contributed by atoms with E-state index in [4.69, 9.17) is 5.73 Å². The average molecular weight is 216 g/mol. The molecular formula is C14H20N2. The second-order valence-corrected chi connectivity index (χ2v) is 5.28. The van der Waals surface area contributed by atoms with Gasteiger partial charge in [0.15, 0.2) is 0 Å². The number of anilines is 1. The summed E-state index contributed by atoms with van der Waals surface area (Å²) in [7, 11) is 0. The van der Waals surface area contributed by atoms with Crippen molar-refractivity contribution in [3.8, 4) is 0 Å². The van der Waals surface area contributed by atoms with Crippen LogP contribution in [0.4, 0.5) is 5.69 Å². The van der Waals surface area contributed by atoms with E-state index >= 15 is 0 Å². The van der Waals surface area contributed by atoms with Crippen LogP contribution < -0.4 is 11.1 Å². The van der Waals surface area contributed by atoms with Gasteiger partial charge in [-0.05, 0) is 61.8 Å². The largest absolute Gasteiger partial charge is 0.398 e. The molecule has 1 saturated carbocycles. The first kappa shape index (κ1) is 10.2. The van der Waals surface area contributed by atoms with E-state index in [-0.39, 0.29) is 0 Å². The second kappa shape index (κ2) is 4.10. The number of nitrogens with one attached hydrogen (secondary N) is 1. The van der Waals surface area contributed by atoms with Gasteiger partial charge in [0.2, 0.25) is 0 Å². The first-order valence-corrected chi connectivity index (χ1v) is 6.42. The topological polar surface area (TPSA) is 38.0 Å². The van der Waals surface area contributed by atoms with Crippen LogP contribution in [-0.4, -0.2) is 12.6 Å². The predicted octanol–water partition coefficient (Wildman–Crippen LogP) is 2.13. The van der Waals surface area contributed by atoms with Crippen molar-refractivity contribution in [1.29, 1.82) is 0 Å². The number of benzene rings is 1. The highest BCUT2D eigenvalue weighted by Gasteiger charge is 2.24. The SMILES string of the molecule is Nc1cccc2c1CCC(NCC1CC1)C2. The molecular weight excluding hydrogens is 196 g/mol. The Morgan fingerprint density at radius 2 is 2.12 bits per heavy atom. The van der Waals surface area contributed by atoms with Gasteiger partial charge in [-0.2, -0.15) is 0 Å². The monoisotopic (exact) mass is 216 g/mol.